The highest BCUT2D eigenvalue weighted by molar-refractivity contribution is 6.05. The maximum Gasteiger partial charge on any atom is 0.148 e. The van der Waals surface area contributed by atoms with Crippen molar-refractivity contribution in [3.63, 3.8) is 0 Å². The third-order valence-electron chi connectivity index (χ3n) is 4.13. The van der Waals surface area contributed by atoms with Gasteiger partial charge in [-0.15, -0.1) is 0 Å². The van der Waals surface area contributed by atoms with E-state index in [-0.39, 0.29) is 23.2 Å². The van der Waals surface area contributed by atoms with Gasteiger partial charge in [0.05, 0.1) is 17.3 Å². The van der Waals surface area contributed by atoms with Crippen molar-refractivity contribution in [2.45, 2.75) is 19.4 Å². The average Bonchev–Trinajstić information content (AvgIpc) is 2.96. The normalized spacial score (nSPS) is 13.5. The van der Waals surface area contributed by atoms with Gasteiger partial charge in [0.2, 0.25) is 0 Å². The van der Waals surface area contributed by atoms with E-state index in [1.54, 1.807) is 0 Å². The number of nitrogens with one attached hydrogen (secondary N) is 1. The fraction of sp³-hybridized carbons (Fsp3) is 0.143. The van der Waals surface area contributed by atoms with Gasteiger partial charge < -0.3 is 15.8 Å². The fourth-order valence-electron chi connectivity index (χ4n) is 2.87. The molecule has 0 bridgehead atoms. The summed E-state index contributed by atoms with van der Waals surface area (Å²) in [4.78, 5) is 7.52. The molecule has 1 aromatic heterocycles. The molecule has 0 unspecified atom stereocenters. The number of nitrogens with two attached hydrogens (primary N) is 1. The highest BCUT2D eigenvalue weighted by Crippen LogP contribution is 2.30. The molecule has 4 N–H and O–H groups in total. The van der Waals surface area contributed by atoms with E-state index in [4.69, 9.17) is 5.73 Å². The molecule has 5 heteroatoms. The molecule has 3 rings (SSSR count). The molecule has 130 valence electrons. The zero-order valence-corrected chi connectivity index (χ0v) is 14.5. The second kappa shape index (κ2) is 7.58. The van der Waals surface area contributed by atoms with Crippen LogP contribution in [-0.2, 0) is 6.42 Å². The Hall–Kier alpha value is -3.52. The van der Waals surface area contributed by atoms with Gasteiger partial charge >= 0.3 is 0 Å². The van der Waals surface area contributed by atoms with Gasteiger partial charge in [-0.3, -0.25) is 4.99 Å². The fourth-order valence-corrected chi connectivity index (χ4v) is 2.87. The van der Waals surface area contributed by atoms with Gasteiger partial charge in [0, 0.05) is 10.9 Å². The van der Waals surface area contributed by atoms with Crippen LogP contribution in [0.5, 0.6) is 5.75 Å². The summed E-state index contributed by atoms with van der Waals surface area (Å²) in [6, 6.07) is 19.4. The minimum atomic E-state index is -0.0644. The van der Waals surface area contributed by atoms with Gasteiger partial charge in [0.1, 0.15) is 17.7 Å². The first kappa shape index (κ1) is 17.3. The number of hydrogen-bond acceptors (Lipinski definition) is 3. The van der Waals surface area contributed by atoms with Gasteiger partial charge in [0.25, 0.3) is 0 Å². The van der Waals surface area contributed by atoms with Crippen LogP contribution in [0, 0.1) is 11.3 Å². The van der Waals surface area contributed by atoms with E-state index >= 15 is 0 Å². The number of aromatic hydroxyl groups is 1. The SMILES string of the molecule is C[C@@H](Cc1ccccc1)N=C(N)C(C#N)=Cc1[nH]c2ccccc2c1O. The molecular formula is C21H20N4O. The first-order valence-electron chi connectivity index (χ1n) is 8.37. The predicted octanol–water partition coefficient (Wildman–Crippen LogP) is 3.77. The van der Waals surface area contributed by atoms with E-state index in [9.17, 15) is 10.4 Å². The molecule has 5 nitrogen and oxygen atoms in total. The first-order chi connectivity index (χ1) is 12.6. The summed E-state index contributed by atoms with van der Waals surface area (Å²) in [5, 5.41) is 20.5. The van der Waals surface area contributed by atoms with Crippen molar-refractivity contribution in [2.24, 2.45) is 10.7 Å². The third-order valence-corrected chi connectivity index (χ3v) is 4.13. The molecule has 26 heavy (non-hydrogen) atoms. The second-order valence-electron chi connectivity index (χ2n) is 6.16. The number of para-hydroxylation sites is 1. The summed E-state index contributed by atoms with van der Waals surface area (Å²) in [6.07, 6.45) is 2.27. The number of fused-ring (bicyclic) bond motifs is 1. The van der Waals surface area contributed by atoms with Crippen molar-refractivity contribution >= 4 is 22.8 Å². The Morgan fingerprint density at radius 1 is 1.23 bits per heavy atom. The van der Waals surface area contributed by atoms with Crippen LogP contribution in [-0.4, -0.2) is 22.0 Å². The zero-order chi connectivity index (χ0) is 18.5. The minimum Gasteiger partial charge on any atom is -0.505 e. The molecule has 0 fully saturated rings. The quantitative estimate of drug-likeness (QED) is 0.373. The monoisotopic (exact) mass is 344 g/mol. The van der Waals surface area contributed by atoms with Crippen molar-refractivity contribution < 1.29 is 5.11 Å². The summed E-state index contributed by atoms with van der Waals surface area (Å²) < 4.78 is 0. The molecule has 0 spiro atoms. The number of nitriles is 1. The maximum absolute atomic E-state index is 10.3. The first-order valence-corrected chi connectivity index (χ1v) is 8.37. The predicted molar refractivity (Wildman–Crippen MR) is 105 cm³/mol. The Kier molecular flexibility index (Phi) is 5.04. The number of H-pyrrole nitrogens is 1. The van der Waals surface area contributed by atoms with E-state index in [0.717, 1.165) is 17.5 Å². The number of rotatable bonds is 5. The largest absolute Gasteiger partial charge is 0.505 e. The van der Waals surface area contributed by atoms with Crippen LogP contribution in [0.4, 0.5) is 0 Å². The van der Waals surface area contributed by atoms with Gasteiger partial charge in [-0.2, -0.15) is 5.26 Å². The summed E-state index contributed by atoms with van der Waals surface area (Å²) in [5.41, 5.74) is 8.65. The molecule has 0 aliphatic heterocycles. The Balaban J connectivity index is 1.85. The minimum absolute atomic E-state index is 0.0644. The van der Waals surface area contributed by atoms with Crippen LogP contribution in [0.25, 0.3) is 17.0 Å². The van der Waals surface area contributed by atoms with E-state index < -0.39 is 0 Å². The molecular weight excluding hydrogens is 324 g/mol. The highest BCUT2D eigenvalue weighted by atomic mass is 16.3. The number of aromatic amines is 1. The molecule has 0 saturated carbocycles. The Bertz CT molecular complexity index is 1010. The van der Waals surface area contributed by atoms with Crippen LogP contribution in [0.15, 0.2) is 65.2 Å². The standard InChI is InChI=1S/C21H20N4O/c1-14(11-15-7-3-2-4-8-15)24-21(23)16(13-22)12-19-20(26)17-9-5-6-10-18(17)25-19/h2-10,12,14,25-26H,11H2,1H3,(H2,23,24)/t14-/m0/s1. The van der Waals surface area contributed by atoms with Crippen LogP contribution >= 0.6 is 0 Å². The molecule has 0 radical (unpaired) electrons. The zero-order valence-electron chi connectivity index (χ0n) is 14.5. The number of aliphatic imine (C=N–C) groups is 1. The maximum atomic E-state index is 10.3. The molecule has 0 aliphatic rings. The van der Waals surface area contributed by atoms with E-state index in [1.165, 1.54) is 6.08 Å². The topological polar surface area (TPSA) is 98.2 Å². The van der Waals surface area contributed by atoms with Crippen LogP contribution in [0.2, 0.25) is 0 Å². The van der Waals surface area contributed by atoms with Crippen molar-refractivity contribution in [3.8, 4) is 11.8 Å². The number of aromatic nitrogens is 1. The van der Waals surface area contributed by atoms with Crippen molar-refractivity contribution in [1.82, 2.24) is 4.98 Å². The van der Waals surface area contributed by atoms with Crippen molar-refractivity contribution in [3.05, 3.63) is 71.4 Å². The second-order valence-corrected chi connectivity index (χ2v) is 6.16. The lowest BCUT2D eigenvalue weighted by molar-refractivity contribution is 0.480. The molecule has 1 atom stereocenters. The molecule has 3 aromatic rings. The molecule has 1 heterocycles. The lowest BCUT2D eigenvalue weighted by Gasteiger charge is -2.08. The van der Waals surface area contributed by atoms with E-state index in [1.807, 2.05) is 61.5 Å². The van der Waals surface area contributed by atoms with Crippen LogP contribution in [0.1, 0.15) is 18.2 Å². The van der Waals surface area contributed by atoms with Gasteiger partial charge in [-0.25, -0.2) is 0 Å². The number of benzene rings is 2. The Labute approximate surface area is 152 Å². The lowest BCUT2D eigenvalue weighted by atomic mass is 10.1. The molecule has 0 aliphatic carbocycles. The van der Waals surface area contributed by atoms with Crippen LogP contribution < -0.4 is 5.73 Å². The Morgan fingerprint density at radius 2 is 1.92 bits per heavy atom. The number of hydrogen-bond donors (Lipinski definition) is 3. The van der Waals surface area contributed by atoms with Crippen molar-refractivity contribution in [2.75, 3.05) is 0 Å². The lowest BCUT2D eigenvalue weighted by Crippen LogP contribution is -2.18. The van der Waals surface area contributed by atoms with Crippen LogP contribution in [0.3, 0.4) is 0 Å². The molecule has 0 saturated heterocycles. The van der Waals surface area contributed by atoms with Gasteiger partial charge in [-0.05, 0) is 37.1 Å². The number of amidine groups is 1. The summed E-state index contributed by atoms with van der Waals surface area (Å²) in [7, 11) is 0. The smallest absolute Gasteiger partial charge is 0.148 e. The van der Waals surface area contributed by atoms with Crippen molar-refractivity contribution in [1.29, 1.82) is 5.26 Å². The van der Waals surface area contributed by atoms with E-state index in [2.05, 4.69) is 16.0 Å². The van der Waals surface area contributed by atoms with E-state index in [0.29, 0.717) is 11.1 Å². The third kappa shape index (κ3) is 3.76. The van der Waals surface area contributed by atoms with Gasteiger partial charge in [-0.1, -0.05) is 42.5 Å². The van der Waals surface area contributed by atoms with Gasteiger partial charge in [0.15, 0.2) is 0 Å². The number of nitrogens with zero attached hydrogens (tertiary/aromatic N) is 2. The highest BCUT2D eigenvalue weighted by Gasteiger charge is 2.11. The summed E-state index contributed by atoms with van der Waals surface area (Å²) in [5.74, 6) is 0.257. The summed E-state index contributed by atoms with van der Waals surface area (Å²) in [6.45, 7) is 1.95. The molecule has 0 amide bonds. The average molecular weight is 344 g/mol. The molecule has 2 aromatic carbocycles. The Morgan fingerprint density at radius 3 is 2.62 bits per heavy atom. The summed E-state index contributed by atoms with van der Waals surface area (Å²) >= 11 is 0.